The van der Waals surface area contributed by atoms with Gasteiger partial charge in [0.25, 0.3) is 5.91 Å². The molecule has 2 N–H and O–H groups in total. The Bertz CT molecular complexity index is 917. The molecular formula is C21H21FN4O2. The number of hydrogen-bond acceptors (Lipinski definition) is 5. The van der Waals surface area contributed by atoms with Gasteiger partial charge in [-0.25, -0.2) is 14.4 Å². The molecule has 0 unspecified atom stereocenters. The molecule has 144 valence electrons. The number of carbonyl (C=O) groups is 1. The van der Waals surface area contributed by atoms with Crippen LogP contribution < -0.4 is 10.6 Å². The molecule has 28 heavy (non-hydrogen) atoms. The van der Waals surface area contributed by atoms with Gasteiger partial charge in [0, 0.05) is 31.8 Å². The smallest absolute Gasteiger partial charge is 0.270 e. The summed E-state index contributed by atoms with van der Waals surface area (Å²) in [5.74, 6) is 0.366. The molecule has 0 aliphatic rings. The van der Waals surface area contributed by atoms with E-state index >= 15 is 0 Å². The van der Waals surface area contributed by atoms with E-state index in [1.165, 1.54) is 12.1 Å². The van der Waals surface area contributed by atoms with E-state index in [9.17, 15) is 9.18 Å². The minimum atomic E-state index is -0.304. The maximum absolute atomic E-state index is 13.1. The maximum atomic E-state index is 13.1. The van der Waals surface area contributed by atoms with Crippen LogP contribution in [0.3, 0.4) is 0 Å². The van der Waals surface area contributed by atoms with Crippen molar-refractivity contribution < 1.29 is 13.9 Å². The Morgan fingerprint density at radius 3 is 2.54 bits per heavy atom. The van der Waals surface area contributed by atoms with Crippen LogP contribution in [-0.2, 0) is 11.3 Å². The lowest BCUT2D eigenvalue weighted by atomic mass is 10.2. The Morgan fingerprint density at radius 1 is 1.07 bits per heavy atom. The molecule has 0 spiro atoms. The van der Waals surface area contributed by atoms with Crippen LogP contribution in [0.15, 0.2) is 60.7 Å². The summed E-state index contributed by atoms with van der Waals surface area (Å²) in [6.45, 7) is 1.24. The van der Waals surface area contributed by atoms with Crippen LogP contribution in [0.2, 0.25) is 0 Å². The van der Waals surface area contributed by atoms with E-state index in [1.54, 1.807) is 25.3 Å². The van der Waals surface area contributed by atoms with E-state index in [0.29, 0.717) is 31.3 Å². The van der Waals surface area contributed by atoms with Crippen LogP contribution in [-0.4, -0.2) is 36.1 Å². The lowest BCUT2D eigenvalue weighted by Gasteiger charge is -2.11. The van der Waals surface area contributed by atoms with E-state index < -0.39 is 0 Å². The Hall–Kier alpha value is -3.32. The minimum absolute atomic E-state index is 0.256. The molecule has 2 aromatic carbocycles. The SMILES string of the molecule is COCCNC(=O)c1cc(NCc2ccc(F)cc2)nc(-c2ccccc2)n1. The molecule has 6 nitrogen and oxygen atoms in total. The summed E-state index contributed by atoms with van der Waals surface area (Å²) in [5.41, 5.74) is 1.96. The number of nitrogens with one attached hydrogen (secondary N) is 2. The van der Waals surface area contributed by atoms with Gasteiger partial charge < -0.3 is 15.4 Å². The average Bonchev–Trinajstić information content (AvgIpc) is 2.74. The van der Waals surface area contributed by atoms with Gasteiger partial charge in [-0.15, -0.1) is 0 Å². The highest BCUT2D eigenvalue weighted by atomic mass is 19.1. The fourth-order valence-electron chi connectivity index (χ4n) is 2.52. The number of rotatable bonds is 8. The molecule has 3 rings (SSSR count). The molecule has 0 saturated carbocycles. The maximum Gasteiger partial charge on any atom is 0.270 e. The normalized spacial score (nSPS) is 10.5. The topological polar surface area (TPSA) is 76.1 Å². The summed E-state index contributed by atoms with van der Waals surface area (Å²) in [7, 11) is 1.57. The fraction of sp³-hybridized carbons (Fsp3) is 0.190. The van der Waals surface area contributed by atoms with E-state index in [-0.39, 0.29) is 17.4 Å². The molecular weight excluding hydrogens is 359 g/mol. The van der Waals surface area contributed by atoms with E-state index in [2.05, 4.69) is 20.6 Å². The Morgan fingerprint density at radius 2 is 1.82 bits per heavy atom. The molecule has 0 saturated heterocycles. The van der Waals surface area contributed by atoms with Crippen LogP contribution in [0.1, 0.15) is 16.1 Å². The zero-order valence-corrected chi connectivity index (χ0v) is 15.5. The van der Waals surface area contributed by atoms with Crippen molar-refractivity contribution in [3.8, 4) is 11.4 Å². The van der Waals surface area contributed by atoms with Crippen molar-refractivity contribution in [1.82, 2.24) is 15.3 Å². The molecule has 7 heteroatoms. The number of aromatic nitrogens is 2. The van der Waals surface area contributed by atoms with Gasteiger partial charge in [0.05, 0.1) is 6.61 Å². The standard InChI is InChI=1S/C21H21FN4O2/c1-28-12-11-23-21(27)18-13-19(24-14-15-7-9-17(22)10-8-15)26-20(25-18)16-5-3-2-4-6-16/h2-10,13H,11-12,14H2,1H3,(H,23,27)(H,24,25,26). The summed E-state index contributed by atoms with van der Waals surface area (Å²) in [4.78, 5) is 21.4. The summed E-state index contributed by atoms with van der Waals surface area (Å²) in [6, 6.07) is 17.2. The third kappa shape index (κ3) is 5.34. The first-order valence-electron chi connectivity index (χ1n) is 8.85. The number of ether oxygens (including phenoxy) is 1. The molecule has 0 aliphatic heterocycles. The average molecular weight is 380 g/mol. The number of halogens is 1. The molecule has 1 heterocycles. The second-order valence-electron chi connectivity index (χ2n) is 6.06. The van der Waals surface area contributed by atoms with E-state index in [1.807, 2.05) is 30.3 Å². The van der Waals surface area contributed by atoms with Crippen LogP contribution in [0.5, 0.6) is 0 Å². The number of benzene rings is 2. The molecule has 1 aromatic heterocycles. The highest BCUT2D eigenvalue weighted by molar-refractivity contribution is 5.93. The first kappa shape index (κ1) is 19.4. The van der Waals surface area contributed by atoms with Gasteiger partial charge >= 0.3 is 0 Å². The first-order chi connectivity index (χ1) is 13.7. The summed E-state index contributed by atoms with van der Waals surface area (Å²) in [6.07, 6.45) is 0. The summed E-state index contributed by atoms with van der Waals surface area (Å²) >= 11 is 0. The fourth-order valence-corrected chi connectivity index (χ4v) is 2.52. The number of amides is 1. The van der Waals surface area contributed by atoms with Crippen LogP contribution in [0.4, 0.5) is 10.2 Å². The third-order valence-corrected chi connectivity index (χ3v) is 3.97. The van der Waals surface area contributed by atoms with Crippen molar-refractivity contribution in [3.63, 3.8) is 0 Å². The van der Waals surface area contributed by atoms with Crippen LogP contribution in [0.25, 0.3) is 11.4 Å². The molecule has 1 amide bonds. The summed E-state index contributed by atoms with van der Waals surface area (Å²) in [5, 5.41) is 5.94. The van der Waals surface area contributed by atoms with E-state index in [0.717, 1.165) is 11.1 Å². The molecule has 0 bridgehead atoms. The highest BCUT2D eigenvalue weighted by Gasteiger charge is 2.13. The number of anilines is 1. The van der Waals surface area contributed by atoms with Gasteiger partial charge in [0.1, 0.15) is 17.3 Å². The van der Waals surface area contributed by atoms with Gasteiger partial charge in [-0.05, 0) is 17.7 Å². The van der Waals surface area contributed by atoms with Crippen molar-refractivity contribution >= 4 is 11.7 Å². The second-order valence-corrected chi connectivity index (χ2v) is 6.06. The van der Waals surface area contributed by atoms with Crippen LogP contribution in [0, 0.1) is 5.82 Å². The molecule has 0 fully saturated rings. The van der Waals surface area contributed by atoms with Gasteiger partial charge in [-0.1, -0.05) is 42.5 Å². The first-order valence-corrected chi connectivity index (χ1v) is 8.85. The minimum Gasteiger partial charge on any atom is -0.383 e. The van der Waals surface area contributed by atoms with Crippen LogP contribution >= 0.6 is 0 Å². The third-order valence-electron chi connectivity index (χ3n) is 3.97. The lowest BCUT2D eigenvalue weighted by Crippen LogP contribution is -2.28. The Balaban J connectivity index is 1.84. The summed E-state index contributed by atoms with van der Waals surface area (Å²) < 4.78 is 18.0. The number of nitrogens with zero attached hydrogens (tertiary/aromatic N) is 2. The molecule has 0 aliphatic carbocycles. The van der Waals surface area contributed by atoms with Gasteiger partial charge in [-0.3, -0.25) is 4.79 Å². The molecule has 0 radical (unpaired) electrons. The van der Waals surface area contributed by atoms with Gasteiger partial charge in [0.15, 0.2) is 5.82 Å². The lowest BCUT2D eigenvalue weighted by molar-refractivity contribution is 0.0932. The monoisotopic (exact) mass is 380 g/mol. The number of hydrogen-bond donors (Lipinski definition) is 2. The molecule has 3 aromatic rings. The quantitative estimate of drug-likeness (QED) is 0.587. The van der Waals surface area contributed by atoms with Crippen molar-refractivity contribution in [2.45, 2.75) is 6.54 Å². The Labute approximate surface area is 162 Å². The van der Waals surface area contributed by atoms with Crippen molar-refractivity contribution in [1.29, 1.82) is 0 Å². The molecule has 0 atom stereocenters. The predicted molar refractivity (Wildman–Crippen MR) is 105 cm³/mol. The number of carbonyl (C=O) groups excluding carboxylic acids is 1. The van der Waals surface area contributed by atoms with Crippen molar-refractivity contribution in [2.75, 3.05) is 25.6 Å². The largest absolute Gasteiger partial charge is 0.383 e. The van der Waals surface area contributed by atoms with Crippen molar-refractivity contribution in [3.05, 3.63) is 77.7 Å². The van der Waals surface area contributed by atoms with Gasteiger partial charge in [-0.2, -0.15) is 0 Å². The zero-order valence-electron chi connectivity index (χ0n) is 15.5. The van der Waals surface area contributed by atoms with E-state index in [4.69, 9.17) is 4.74 Å². The Kier molecular flexibility index (Phi) is 6.64. The zero-order chi connectivity index (χ0) is 19.8. The highest BCUT2D eigenvalue weighted by Crippen LogP contribution is 2.18. The van der Waals surface area contributed by atoms with Crippen molar-refractivity contribution in [2.24, 2.45) is 0 Å². The number of methoxy groups -OCH3 is 1. The predicted octanol–water partition coefficient (Wildman–Crippen LogP) is 3.27. The second kappa shape index (κ2) is 9.57. The van der Waals surface area contributed by atoms with Gasteiger partial charge in [0.2, 0.25) is 0 Å².